The van der Waals surface area contributed by atoms with Crippen molar-refractivity contribution in [3.05, 3.63) is 70.4 Å². The minimum atomic E-state index is -0.503. The first-order valence-corrected chi connectivity index (χ1v) is 7.90. The van der Waals surface area contributed by atoms with E-state index in [1.54, 1.807) is 31.1 Å². The minimum absolute atomic E-state index is 0.00595. The van der Waals surface area contributed by atoms with Crippen molar-refractivity contribution < 1.29 is 14.6 Å². The van der Waals surface area contributed by atoms with Gasteiger partial charge in [-0.3, -0.25) is 9.59 Å². The summed E-state index contributed by atoms with van der Waals surface area (Å²) in [5, 5.41) is 16.8. The number of carbonyl (C=O) groups excluding carboxylic acids is 1. The second-order valence-corrected chi connectivity index (χ2v) is 5.68. The van der Waals surface area contributed by atoms with Crippen LogP contribution in [-0.4, -0.2) is 32.9 Å². The fourth-order valence-corrected chi connectivity index (χ4v) is 2.51. The monoisotopic (exact) mass is 354 g/mol. The highest BCUT2D eigenvalue weighted by atomic mass is 16.5. The molecule has 134 valence electrons. The molecule has 0 bridgehead atoms. The van der Waals surface area contributed by atoms with E-state index in [0.717, 1.165) is 17.3 Å². The van der Waals surface area contributed by atoms with Crippen LogP contribution >= 0.6 is 0 Å². The molecule has 0 fully saturated rings. The van der Waals surface area contributed by atoms with Crippen molar-refractivity contribution in [1.82, 2.24) is 20.1 Å². The van der Waals surface area contributed by atoms with Crippen LogP contribution in [0.15, 0.2) is 53.7 Å². The first-order chi connectivity index (χ1) is 12.5. The molecule has 1 atom stereocenters. The lowest BCUT2D eigenvalue weighted by molar-refractivity contribution is 0.0936. The van der Waals surface area contributed by atoms with E-state index in [-0.39, 0.29) is 17.4 Å². The molecule has 3 aromatic rings. The standard InChI is InChI=1S/C18H18N4O4/c1-11(21-18(25)13-9-19-17(24)7-15(13)23)12-8-20-22(10-12)14-5-3-4-6-16(14)26-2/h3-11H,1-2H3,(H,21,25)(H2,19,23,24)/t11-/m0/s1. The van der Waals surface area contributed by atoms with Gasteiger partial charge in [0.05, 0.1) is 24.9 Å². The lowest BCUT2D eigenvalue weighted by Gasteiger charge is -2.13. The topological polar surface area (TPSA) is 109 Å². The molecule has 0 spiro atoms. The highest BCUT2D eigenvalue weighted by molar-refractivity contribution is 5.96. The Bertz CT molecular complexity index is 993. The number of nitrogens with one attached hydrogen (secondary N) is 2. The maximum absolute atomic E-state index is 12.3. The number of para-hydroxylation sites is 2. The van der Waals surface area contributed by atoms with Crippen molar-refractivity contribution in [1.29, 1.82) is 0 Å². The van der Waals surface area contributed by atoms with Gasteiger partial charge in [0.25, 0.3) is 11.5 Å². The van der Waals surface area contributed by atoms with Crippen molar-refractivity contribution in [3.63, 3.8) is 0 Å². The average molecular weight is 354 g/mol. The quantitative estimate of drug-likeness (QED) is 0.647. The predicted octanol–water partition coefficient (Wildman–Crippen LogP) is 1.77. The molecule has 0 aliphatic carbocycles. The SMILES string of the molecule is COc1ccccc1-n1cc([C@H](C)NC(=O)c2c[nH]c(=O)cc2O)cn1. The van der Waals surface area contributed by atoms with Gasteiger partial charge in [-0.1, -0.05) is 12.1 Å². The molecule has 2 aromatic heterocycles. The number of nitrogens with zero attached hydrogens (tertiary/aromatic N) is 2. The first-order valence-electron chi connectivity index (χ1n) is 7.90. The van der Waals surface area contributed by atoms with Crippen LogP contribution in [0.1, 0.15) is 28.9 Å². The molecule has 26 heavy (non-hydrogen) atoms. The Hall–Kier alpha value is -3.55. The Morgan fingerprint density at radius 3 is 2.88 bits per heavy atom. The van der Waals surface area contributed by atoms with Crippen LogP contribution in [0.2, 0.25) is 0 Å². The molecule has 0 aliphatic rings. The molecule has 0 saturated carbocycles. The number of carbonyl (C=O) groups is 1. The number of aromatic hydroxyl groups is 1. The first kappa shape index (κ1) is 17.3. The summed E-state index contributed by atoms with van der Waals surface area (Å²) in [6, 6.07) is 8.05. The highest BCUT2D eigenvalue weighted by Crippen LogP contribution is 2.23. The molecule has 0 unspecified atom stereocenters. The van der Waals surface area contributed by atoms with Gasteiger partial charge < -0.3 is 20.1 Å². The molecule has 8 heteroatoms. The normalized spacial score (nSPS) is 11.8. The Labute approximate surface area is 149 Å². The molecule has 2 heterocycles. The Morgan fingerprint density at radius 1 is 1.38 bits per heavy atom. The average Bonchev–Trinajstić information content (AvgIpc) is 3.11. The second-order valence-electron chi connectivity index (χ2n) is 5.68. The molecule has 3 rings (SSSR count). The number of H-pyrrole nitrogens is 1. The molecule has 0 saturated heterocycles. The van der Waals surface area contributed by atoms with Crippen molar-refractivity contribution in [2.24, 2.45) is 0 Å². The third kappa shape index (κ3) is 3.44. The van der Waals surface area contributed by atoms with Crippen molar-refractivity contribution in [3.8, 4) is 17.2 Å². The molecule has 3 N–H and O–H groups in total. The number of methoxy groups -OCH3 is 1. The number of aromatic nitrogens is 3. The maximum Gasteiger partial charge on any atom is 0.257 e. The summed E-state index contributed by atoms with van der Waals surface area (Å²) in [4.78, 5) is 25.8. The molecule has 0 radical (unpaired) electrons. The fraction of sp³-hybridized carbons (Fsp3) is 0.167. The van der Waals surface area contributed by atoms with Crippen LogP contribution in [-0.2, 0) is 0 Å². The lowest BCUT2D eigenvalue weighted by Crippen LogP contribution is -2.27. The van der Waals surface area contributed by atoms with Gasteiger partial charge in [0.1, 0.15) is 17.2 Å². The number of aromatic amines is 1. The Kier molecular flexibility index (Phi) is 4.74. The maximum atomic E-state index is 12.3. The van der Waals surface area contributed by atoms with Gasteiger partial charge in [0.15, 0.2) is 0 Å². The van der Waals surface area contributed by atoms with Crippen LogP contribution in [0.25, 0.3) is 5.69 Å². The number of rotatable bonds is 5. The summed E-state index contributed by atoms with van der Waals surface area (Å²) in [7, 11) is 1.59. The van der Waals surface area contributed by atoms with Gasteiger partial charge in [0, 0.05) is 24.0 Å². The van der Waals surface area contributed by atoms with Gasteiger partial charge in [-0.2, -0.15) is 5.10 Å². The number of ether oxygens (including phenoxy) is 1. The van der Waals surface area contributed by atoms with Crippen molar-refractivity contribution >= 4 is 5.91 Å². The molecule has 0 aliphatic heterocycles. The van der Waals surface area contributed by atoms with E-state index in [1.807, 2.05) is 24.3 Å². The van der Waals surface area contributed by atoms with Gasteiger partial charge in [-0.25, -0.2) is 4.68 Å². The van der Waals surface area contributed by atoms with Gasteiger partial charge >= 0.3 is 0 Å². The third-order valence-corrected chi connectivity index (χ3v) is 3.93. The number of benzene rings is 1. The second kappa shape index (κ2) is 7.14. The molecule has 8 nitrogen and oxygen atoms in total. The summed E-state index contributed by atoms with van der Waals surface area (Å²) in [6.45, 7) is 1.80. The largest absolute Gasteiger partial charge is 0.507 e. The van der Waals surface area contributed by atoms with Crippen LogP contribution in [0, 0.1) is 0 Å². The predicted molar refractivity (Wildman–Crippen MR) is 94.7 cm³/mol. The van der Waals surface area contributed by atoms with Gasteiger partial charge in [-0.15, -0.1) is 0 Å². The number of amides is 1. The Balaban J connectivity index is 1.79. The van der Waals surface area contributed by atoms with E-state index in [1.165, 1.54) is 6.20 Å². The summed E-state index contributed by atoms with van der Waals surface area (Å²) in [6.07, 6.45) is 4.61. The van der Waals surface area contributed by atoms with Crippen molar-refractivity contribution in [2.75, 3.05) is 7.11 Å². The van der Waals surface area contributed by atoms with Gasteiger partial charge in [0.2, 0.25) is 0 Å². The van der Waals surface area contributed by atoms with Crippen LogP contribution in [0.3, 0.4) is 0 Å². The summed E-state index contributed by atoms with van der Waals surface area (Å²) in [5.74, 6) is -0.198. The lowest BCUT2D eigenvalue weighted by atomic mass is 10.1. The molecular weight excluding hydrogens is 336 g/mol. The van der Waals surface area contributed by atoms with E-state index in [0.29, 0.717) is 5.75 Å². The fourth-order valence-electron chi connectivity index (χ4n) is 2.51. The smallest absolute Gasteiger partial charge is 0.257 e. The third-order valence-electron chi connectivity index (χ3n) is 3.93. The van der Waals surface area contributed by atoms with Crippen LogP contribution in [0.5, 0.6) is 11.5 Å². The van der Waals surface area contributed by atoms with Crippen LogP contribution in [0.4, 0.5) is 0 Å². The zero-order valence-electron chi connectivity index (χ0n) is 14.3. The zero-order chi connectivity index (χ0) is 18.7. The zero-order valence-corrected chi connectivity index (χ0v) is 14.3. The van der Waals surface area contributed by atoms with Gasteiger partial charge in [-0.05, 0) is 19.1 Å². The number of hydrogen-bond acceptors (Lipinski definition) is 5. The molecule has 1 amide bonds. The summed E-state index contributed by atoms with van der Waals surface area (Å²) in [5.41, 5.74) is 1.06. The summed E-state index contributed by atoms with van der Waals surface area (Å²) >= 11 is 0. The van der Waals surface area contributed by atoms with E-state index in [2.05, 4.69) is 15.4 Å². The van der Waals surface area contributed by atoms with E-state index < -0.39 is 11.5 Å². The minimum Gasteiger partial charge on any atom is -0.507 e. The molecule has 1 aromatic carbocycles. The van der Waals surface area contributed by atoms with E-state index in [4.69, 9.17) is 4.74 Å². The van der Waals surface area contributed by atoms with E-state index >= 15 is 0 Å². The molecular formula is C18H18N4O4. The number of pyridine rings is 1. The Morgan fingerprint density at radius 2 is 2.15 bits per heavy atom. The van der Waals surface area contributed by atoms with Crippen LogP contribution < -0.4 is 15.6 Å². The van der Waals surface area contributed by atoms with Crippen molar-refractivity contribution in [2.45, 2.75) is 13.0 Å². The summed E-state index contributed by atoms with van der Waals surface area (Å²) < 4.78 is 6.99. The van der Waals surface area contributed by atoms with E-state index in [9.17, 15) is 14.7 Å². The highest BCUT2D eigenvalue weighted by Gasteiger charge is 2.17. The number of hydrogen-bond donors (Lipinski definition) is 3.